The van der Waals surface area contributed by atoms with Crippen molar-refractivity contribution in [1.29, 1.82) is 0 Å². The third-order valence-corrected chi connectivity index (χ3v) is 0. The molecular weight excluding hydrogens is 646 g/mol. The first-order valence-electron chi connectivity index (χ1n) is 3.49. The van der Waals surface area contributed by atoms with Gasteiger partial charge in [0.05, 0.1) is 0 Å². The molecule has 0 saturated heterocycles. The molecule has 2 radical (unpaired) electrons. The molecule has 0 heterocycles. The summed E-state index contributed by atoms with van der Waals surface area (Å²) < 4.78 is 158. The Labute approximate surface area is 256 Å². The first kappa shape index (κ1) is 70.0. The summed E-state index contributed by atoms with van der Waals surface area (Å²) in [7, 11) is -23.3. The minimum atomic E-state index is -4.67. The van der Waals surface area contributed by atoms with Crippen LogP contribution >= 0.6 is 0 Å². The van der Waals surface area contributed by atoms with Crippen LogP contribution in [0.2, 0.25) is 0 Å². The van der Waals surface area contributed by atoms with Gasteiger partial charge >= 0.3 is 127 Å². The maximum atomic E-state index is 8.74. The van der Waals surface area contributed by atoms with Crippen molar-refractivity contribution in [2.45, 2.75) is 0 Å². The van der Waals surface area contributed by atoms with E-state index in [1.165, 1.54) is 0 Å². The normalized spacial score (nSPS) is 9.35. The first-order chi connectivity index (χ1) is 10.0. The molecule has 0 amide bonds. The Morgan fingerprint density at radius 2 is 0.323 bits per heavy atom. The van der Waals surface area contributed by atoms with Gasteiger partial charge in [0.15, 0.2) is 34.7 Å². The largest absolute Gasteiger partial charge is 0 e. The fraction of sp³-hybridized carbons (Fsp3) is 0. The van der Waals surface area contributed by atoms with Gasteiger partial charge < -0.3 is 5.48 Å². The van der Waals surface area contributed by atoms with Crippen molar-refractivity contribution in [3.05, 3.63) is 0 Å². The quantitative estimate of drug-likeness (QED) is 0.0845. The van der Waals surface area contributed by atoms with Gasteiger partial charge in [0.2, 0.25) is 0 Å². The third-order valence-electron chi connectivity index (χ3n) is 0. The van der Waals surface area contributed by atoms with Crippen LogP contribution in [0.1, 0.15) is 0 Å². The summed E-state index contributed by atoms with van der Waals surface area (Å²) in [5.74, 6) is 0. The Bertz CT molecular complexity index is 630. The van der Waals surface area contributed by atoms with Crippen molar-refractivity contribution in [3.63, 3.8) is 0 Å². The van der Waals surface area contributed by atoms with Crippen LogP contribution in [0.25, 0.3) is 0 Å². The molecule has 31 heavy (non-hydrogen) atoms. The molecule has 194 valence electrons. The summed E-state index contributed by atoms with van der Waals surface area (Å²) in [5.41, 5.74) is 0. The maximum absolute atomic E-state index is 8.74. The van der Waals surface area contributed by atoms with E-state index in [2.05, 4.69) is 0 Å². The monoisotopic (exact) mass is 668 g/mol. The van der Waals surface area contributed by atoms with Crippen LogP contribution in [0.15, 0.2) is 0 Å². The van der Waals surface area contributed by atoms with E-state index in [9.17, 15) is 0 Å². The van der Waals surface area contributed by atoms with Crippen molar-refractivity contribution in [2.24, 2.45) is 0 Å². The van der Waals surface area contributed by atoms with Gasteiger partial charge in [0, 0.05) is 5.48 Å². The van der Waals surface area contributed by atoms with E-state index in [0.717, 1.165) is 0 Å². The van der Waals surface area contributed by atoms with Gasteiger partial charge in [-0.2, -0.15) is 42.1 Å². The second-order valence-electron chi connectivity index (χ2n) is 2.24. The SMILES string of the molecule is O.O=S(=O)(O)O.O=S(=O)(O)O.O=S(=O)(O)O.O=S(=O)(O)O.O=S(=O)(O)O.[AlH3].[AlH3].[CaH2].[CaH2].[O]. The maximum Gasteiger partial charge on any atom is 0 e. The standard InChI is InChI=1S/2Al.2Ca.5H2O4S.H2O.O.10H/c;;;;5*1-5(2,3)4;;;;;;;;;;;;/h;;;;5*(H2,1,2,3,4);1H2;;;;;;;;;;;. The van der Waals surface area contributed by atoms with E-state index < -0.39 is 52.0 Å². The molecule has 31 heteroatoms. The Kier molecular flexibility index (Phi) is 69.7. The van der Waals surface area contributed by atoms with Crippen molar-refractivity contribution in [3.8, 4) is 0 Å². The fourth-order valence-electron chi connectivity index (χ4n) is 0. The summed E-state index contributed by atoms with van der Waals surface area (Å²) in [6, 6.07) is 0. The fourth-order valence-corrected chi connectivity index (χ4v) is 0. The molecule has 0 aromatic rings. The molecular formula is H22Al2Ca2O22S5. The van der Waals surface area contributed by atoms with Gasteiger partial charge in [-0.3, -0.25) is 45.5 Å². The van der Waals surface area contributed by atoms with Crippen LogP contribution < -0.4 is 0 Å². The number of rotatable bonds is 0. The van der Waals surface area contributed by atoms with Crippen molar-refractivity contribution in [2.75, 3.05) is 0 Å². The minimum Gasteiger partial charge on any atom is 0 e. The zero-order valence-corrected chi connectivity index (χ0v) is 15.6. The zero-order chi connectivity index (χ0) is 22.5. The van der Waals surface area contributed by atoms with Crippen molar-refractivity contribution >= 4 is 162 Å². The summed E-state index contributed by atoms with van der Waals surface area (Å²) >= 11 is 0. The predicted molar refractivity (Wildman–Crippen MR) is 112 cm³/mol. The van der Waals surface area contributed by atoms with Crippen LogP contribution in [-0.4, -0.2) is 203 Å². The van der Waals surface area contributed by atoms with E-state index in [4.69, 9.17) is 87.6 Å². The Balaban J connectivity index is -0.0000000171. The van der Waals surface area contributed by atoms with Gasteiger partial charge in [0.1, 0.15) is 0 Å². The molecule has 0 aromatic heterocycles. The molecule has 0 spiro atoms. The van der Waals surface area contributed by atoms with E-state index in [-0.39, 0.29) is 121 Å². The van der Waals surface area contributed by atoms with Crippen LogP contribution in [0.5, 0.6) is 0 Å². The summed E-state index contributed by atoms with van der Waals surface area (Å²) in [6.45, 7) is 0. The molecule has 0 rings (SSSR count). The summed E-state index contributed by atoms with van der Waals surface area (Å²) in [4.78, 5) is 0. The van der Waals surface area contributed by atoms with E-state index >= 15 is 0 Å². The average molecular weight is 669 g/mol. The molecule has 0 aliphatic rings. The summed E-state index contributed by atoms with van der Waals surface area (Å²) in [6.07, 6.45) is 0. The van der Waals surface area contributed by atoms with Crippen molar-refractivity contribution in [1.82, 2.24) is 0 Å². The van der Waals surface area contributed by atoms with E-state index in [1.807, 2.05) is 0 Å². The van der Waals surface area contributed by atoms with Crippen LogP contribution in [0.4, 0.5) is 0 Å². The Hall–Kier alpha value is 2.85. The molecule has 0 saturated carbocycles. The molecule has 0 fully saturated rings. The third kappa shape index (κ3) is 3840. The molecule has 0 unspecified atom stereocenters. The average Bonchev–Trinajstić information content (AvgIpc) is 1.79. The van der Waals surface area contributed by atoms with Crippen LogP contribution in [0.3, 0.4) is 0 Å². The summed E-state index contributed by atoms with van der Waals surface area (Å²) in [5, 5.41) is 0. The topological polar surface area (TPSA) is 433 Å². The van der Waals surface area contributed by atoms with Gasteiger partial charge in [-0.15, -0.1) is 0 Å². The van der Waals surface area contributed by atoms with Gasteiger partial charge in [-0.25, -0.2) is 0 Å². The smallest absolute Gasteiger partial charge is 0 e. The molecule has 22 nitrogen and oxygen atoms in total. The second-order valence-corrected chi connectivity index (χ2v) is 6.72. The number of hydrogen-bond donors (Lipinski definition) is 10. The first-order valence-corrected chi connectivity index (χ1v) is 10.5. The second kappa shape index (κ2) is 30.9. The predicted octanol–water partition coefficient (Wildman–Crippen LogP) is -8.41. The molecule has 0 atom stereocenters. The Morgan fingerprint density at radius 1 is 0.323 bits per heavy atom. The van der Waals surface area contributed by atoms with Crippen LogP contribution in [0, 0.1) is 0 Å². The van der Waals surface area contributed by atoms with Crippen LogP contribution in [-0.2, 0) is 57.5 Å². The van der Waals surface area contributed by atoms with Crippen molar-refractivity contribution < 1.29 is 98.6 Å². The van der Waals surface area contributed by atoms with E-state index in [1.54, 1.807) is 0 Å². The van der Waals surface area contributed by atoms with E-state index in [0.29, 0.717) is 0 Å². The van der Waals surface area contributed by atoms with Gasteiger partial charge in [-0.1, -0.05) is 0 Å². The molecule has 0 aromatic carbocycles. The number of hydrogen-bond acceptors (Lipinski definition) is 10. The molecule has 12 N–H and O–H groups in total. The molecule has 0 aliphatic heterocycles. The Morgan fingerprint density at radius 3 is 0.323 bits per heavy atom. The van der Waals surface area contributed by atoms with Gasteiger partial charge in [0.25, 0.3) is 0 Å². The molecule has 0 aliphatic carbocycles. The minimum absolute atomic E-state index is 0. The van der Waals surface area contributed by atoms with Gasteiger partial charge in [-0.05, 0) is 0 Å². The molecule has 0 bridgehead atoms. The zero-order valence-electron chi connectivity index (χ0n) is 11.5.